The molecule has 9 heteroatoms. The predicted octanol–water partition coefficient (Wildman–Crippen LogP) is 1.75. The van der Waals surface area contributed by atoms with Crippen molar-refractivity contribution < 1.29 is 22.7 Å². The second-order valence-corrected chi connectivity index (χ2v) is 7.51. The van der Waals surface area contributed by atoms with Crippen molar-refractivity contribution in [3.63, 3.8) is 0 Å². The average molecular weight is 405 g/mol. The van der Waals surface area contributed by atoms with Crippen molar-refractivity contribution >= 4 is 27.5 Å². The van der Waals surface area contributed by atoms with E-state index in [2.05, 4.69) is 15.4 Å². The number of rotatable bonds is 9. The first-order chi connectivity index (χ1) is 13.4. The van der Waals surface area contributed by atoms with Crippen molar-refractivity contribution in [3.8, 4) is 5.75 Å². The van der Waals surface area contributed by atoms with E-state index in [1.165, 1.54) is 24.3 Å². The Hall–Kier alpha value is -2.91. The van der Waals surface area contributed by atoms with E-state index in [1.54, 1.807) is 31.2 Å². The Morgan fingerprint density at radius 1 is 0.929 bits per heavy atom. The SMILES string of the molecule is CCNC(=O)COc1ccc(NC(=O)c2ccc(S(=O)(=O)NCC)cc2)cc1. The maximum Gasteiger partial charge on any atom is 0.257 e. The Morgan fingerprint density at radius 2 is 1.57 bits per heavy atom. The standard InChI is InChI=1S/C19H23N3O5S/c1-3-20-18(23)13-27-16-9-7-15(8-10-16)22-19(24)14-5-11-17(12-6-14)28(25,26)21-4-2/h5-12,21H,3-4,13H2,1-2H3,(H,20,23)(H,22,24). The summed E-state index contributed by atoms with van der Waals surface area (Å²) in [6.45, 7) is 4.25. The Bertz CT molecular complexity index is 910. The topological polar surface area (TPSA) is 114 Å². The highest BCUT2D eigenvalue weighted by Gasteiger charge is 2.14. The lowest BCUT2D eigenvalue weighted by molar-refractivity contribution is -0.122. The van der Waals surface area contributed by atoms with Crippen LogP contribution >= 0.6 is 0 Å². The molecule has 0 fully saturated rings. The number of hydrogen-bond donors (Lipinski definition) is 3. The largest absolute Gasteiger partial charge is 0.484 e. The molecule has 150 valence electrons. The van der Waals surface area contributed by atoms with Gasteiger partial charge in [0.1, 0.15) is 5.75 Å². The minimum atomic E-state index is -3.56. The molecular formula is C19H23N3O5S. The highest BCUT2D eigenvalue weighted by Crippen LogP contribution is 2.17. The van der Waals surface area contributed by atoms with Gasteiger partial charge in [0, 0.05) is 24.3 Å². The number of likely N-dealkylation sites (N-methyl/N-ethyl adjacent to an activating group) is 1. The van der Waals surface area contributed by atoms with Crippen LogP contribution in [-0.2, 0) is 14.8 Å². The van der Waals surface area contributed by atoms with Crippen LogP contribution in [0.2, 0.25) is 0 Å². The molecule has 2 amide bonds. The third-order valence-corrected chi connectivity index (χ3v) is 5.18. The molecule has 0 saturated carbocycles. The molecule has 0 heterocycles. The fourth-order valence-electron chi connectivity index (χ4n) is 2.29. The number of nitrogens with one attached hydrogen (secondary N) is 3. The highest BCUT2D eigenvalue weighted by atomic mass is 32.2. The van der Waals surface area contributed by atoms with Crippen LogP contribution in [-0.4, -0.2) is 39.9 Å². The molecular weight excluding hydrogens is 382 g/mol. The molecule has 0 aliphatic rings. The summed E-state index contributed by atoms with van der Waals surface area (Å²) >= 11 is 0. The van der Waals surface area contributed by atoms with E-state index in [1.807, 2.05) is 6.92 Å². The quantitative estimate of drug-likeness (QED) is 0.588. The van der Waals surface area contributed by atoms with E-state index in [0.29, 0.717) is 23.5 Å². The van der Waals surface area contributed by atoms with Crippen LogP contribution < -0.4 is 20.1 Å². The van der Waals surface area contributed by atoms with Gasteiger partial charge in [0.15, 0.2) is 6.61 Å². The van der Waals surface area contributed by atoms with Gasteiger partial charge in [-0.3, -0.25) is 9.59 Å². The second-order valence-electron chi connectivity index (χ2n) is 5.75. The number of benzene rings is 2. The number of carbonyl (C=O) groups is 2. The molecule has 0 aliphatic carbocycles. The zero-order chi connectivity index (χ0) is 20.6. The zero-order valence-electron chi connectivity index (χ0n) is 15.7. The molecule has 0 unspecified atom stereocenters. The maximum atomic E-state index is 12.3. The molecule has 0 atom stereocenters. The van der Waals surface area contributed by atoms with Crippen molar-refractivity contribution in [2.75, 3.05) is 25.0 Å². The summed E-state index contributed by atoms with van der Waals surface area (Å²) in [4.78, 5) is 23.8. The van der Waals surface area contributed by atoms with Gasteiger partial charge < -0.3 is 15.4 Å². The zero-order valence-corrected chi connectivity index (χ0v) is 16.5. The molecule has 0 aliphatic heterocycles. The van der Waals surface area contributed by atoms with Gasteiger partial charge in [-0.05, 0) is 55.5 Å². The van der Waals surface area contributed by atoms with Gasteiger partial charge in [0.05, 0.1) is 4.90 Å². The number of hydrogen-bond acceptors (Lipinski definition) is 5. The van der Waals surface area contributed by atoms with Crippen molar-refractivity contribution in [2.24, 2.45) is 0 Å². The number of carbonyl (C=O) groups excluding carboxylic acids is 2. The lowest BCUT2D eigenvalue weighted by Crippen LogP contribution is -2.28. The van der Waals surface area contributed by atoms with Crippen LogP contribution in [0, 0.1) is 0 Å². The van der Waals surface area contributed by atoms with Crippen LogP contribution in [0.1, 0.15) is 24.2 Å². The predicted molar refractivity (Wildman–Crippen MR) is 106 cm³/mol. The smallest absolute Gasteiger partial charge is 0.257 e. The molecule has 2 rings (SSSR count). The Kier molecular flexibility index (Phi) is 7.53. The molecule has 2 aromatic carbocycles. The van der Waals surface area contributed by atoms with Crippen LogP contribution in [0.3, 0.4) is 0 Å². The molecule has 8 nitrogen and oxygen atoms in total. The Balaban J connectivity index is 1.96. The van der Waals surface area contributed by atoms with Crippen molar-refractivity contribution in [1.82, 2.24) is 10.0 Å². The molecule has 0 spiro atoms. The fraction of sp³-hybridized carbons (Fsp3) is 0.263. The first kappa shape index (κ1) is 21.4. The van der Waals surface area contributed by atoms with Crippen LogP contribution in [0.25, 0.3) is 0 Å². The summed E-state index contributed by atoms with van der Waals surface area (Å²) in [5.41, 5.74) is 0.867. The van der Waals surface area contributed by atoms with Crippen molar-refractivity contribution in [3.05, 3.63) is 54.1 Å². The van der Waals surface area contributed by atoms with Crippen LogP contribution in [0.4, 0.5) is 5.69 Å². The van der Waals surface area contributed by atoms with Crippen LogP contribution in [0.5, 0.6) is 5.75 Å². The van der Waals surface area contributed by atoms with Gasteiger partial charge in [0.2, 0.25) is 10.0 Å². The highest BCUT2D eigenvalue weighted by molar-refractivity contribution is 7.89. The van der Waals surface area contributed by atoms with Crippen molar-refractivity contribution in [2.45, 2.75) is 18.7 Å². The number of ether oxygens (including phenoxy) is 1. The van der Waals surface area contributed by atoms with E-state index in [4.69, 9.17) is 4.74 Å². The normalized spacial score (nSPS) is 10.9. The van der Waals surface area contributed by atoms with Crippen molar-refractivity contribution in [1.29, 1.82) is 0 Å². The van der Waals surface area contributed by atoms with E-state index < -0.39 is 10.0 Å². The van der Waals surface area contributed by atoms with Gasteiger partial charge in [0.25, 0.3) is 11.8 Å². The minimum Gasteiger partial charge on any atom is -0.484 e. The molecule has 2 aromatic rings. The summed E-state index contributed by atoms with van der Waals surface area (Å²) in [5, 5.41) is 5.34. The molecule has 0 bridgehead atoms. The minimum absolute atomic E-state index is 0.0817. The molecule has 28 heavy (non-hydrogen) atoms. The number of anilines is 1. The Morgan fingerprint density at radius 3 is 2.14 bits per heavy atom. The van der Waals surface area contributed by atoms with E-state index in [9.17, 15) is 18.0 Å². The summed E-state index contributed by atoms with van der Waals surface area (Å²) in [7, 11) is -3.56. The molecule has 0 aromatic heterocycles. The number of amides is 2. The average Bonchev–Trinajstić information content (AvgIpc) is 2.68. The Labute approximate surface area is 164 Å². The first-order valence-corrected chi connectivity index (χ1v) is 10.2. The number of sulfonamides is 1. The maximum absolute atomic E-state index is 12.3. The molecule has 3 N–H and O–H groups in total. The van der Waals surface area contributed by atoms with Gasteiger partial charge in [-0.25, -0.2) is 13.1 Å². The van der Waals surface area contributed by atoms with Gasteiger partial charge >= 0.3 is 0 Å². The summed E-state index contributed by atoms with van der Waals surface area (Å²) < 4.78 is 31.6. The van der Waals surface area contributed by atoms with Gasteiger partial charge in [-0.15, -0.1) is 0 Å². The third kappa shape index (κ3) is 6.07. The summed E-state index contributed by atoms with van der Waals surface area (Å²) in [6.07, 6.45) is 0. The summed E-state index contributed by atoms with van der Waals surface area (Å²) in [6, 6.07) is 12.2. The van der Waals surface area contributed by atoms with Crippen LogP contribution in [0.15, 0.2) is 53.4 Å². The lowest BCUT2D eigenvalue weighted by atomic mass is 10.2. The van der Waals surface area contributed by atoms with Gasteiger partial charge in [-0.1, -0.05) is 6.92 Å². The van der Waals surface area contributed by atoms with E-state index >= 15 is 0 Å². The summed E-state index contributed by atoms with van der Waals surface area (Å²) in [5.74, 6) is -0.0786. The van der Waals surface area contributed by atoms with E-state index in [-0.39, 0.29) is 29.9 Å². The third-order valence-electron chi connectivity index (χ3n) is 3.62. The monoisotopic (exact) mass is 405 g/mol. The second kappa shape index (κ2) is 9.86. The lowest BCUT2D eigenvalue weighted by Gasteiger charge is -2.09. The van der Waals surface area contributed by atoms with E-state index in [0.717, 1.165) is 0 Å². The molecule has 0 radical (unpaired) electrons. The fourth-order valence-corrected chi connectivity index (χ4v) is 3.33. The van der Waals surface area contributed by atoms with Gasteiger partial charge in [-0.2, -0.15) is 0 Å². The first-order valence-electron chi connectivity index (χ1n) is 8.76. The molecule has 0 saturated heterocycles.